The Hall–Kier alpha value is -1.86. The lowest BCUT2D eigenvalue weighted by Gasteiger charge is -2.28. The summed E-state index contributed by atoms with van der Waals surface area (Å²) in [6, 6.07) is 8.88. The van der Waals surface area contributed by atoms with Crippen LogP contribution >= 0.6 is 15.9 Å². The van der Waals surface area contributed by atoms with Gasteiger partial charge in [0.15, 0.2) is 5.96 Å². The zero-order valence-electron chi connectivity index (χ0n) is 16.0. The van der Waals surface area contributed by atoms with E-state index in [1.807, 2.05) is 46.5 Å². The summed E-state index contributed by atoms with van der Waals surface area (Å²) < 4.78 is 16.4. The highest BCUT2D eigenvalue weighted by atomic mass is 79.9. The lowest BCUT2D eigenvalue weighted by Crippen LogP contribution is -2.42. The van der Waals surface area contributed by atoms with E-state index in [0.29, 0.717) is 6.54 Å². The number of nitrogens with zero attached hydrogens (tertiary/aromatic N) is 4. The molecule has 0 aliphatic heterocycles. The van der Waals surface area contributed by atoms with E-state index in [9.17, 15) is 4.39 Å². The normalized spacial score (nSPS) is 13.2. The molecule has 0 radical (unpaired) electrons. The minimum Gasteiger partial charge on any atom is -0.354 e. The van der Waals surface area contributed by atoms with Gasteiger partial charge in [0.05, 0.1) is 12.6 Å². The van der Waals surface area contributed by atoms with Crippen LogP contribution in [-0.2, 0) is 13.6 Å². The highest BCUT2D eigenvalue weighted by Gasteiger charge is 2.16. The first-order chi connectivity index (χ1) is 12.3. The fraction of sp³-hybridized carbons (Fsp3) is 0.421. The second-order valence-electron chi connectivity index (χ2n) is 6.58. The number of hydrogen-bond donors (Lipinski definition) is 1. The molecule has 0 aliphatic rings. The lowest BCUT2D eigenvalue weighted by atomic mass is 10.1. The fourth-order valence-electron chi connectivity index (χ4n) is 2.90. The van der Waals surface area contributed by atoms with Crippen LogP contribution in [0.25, 0.3) is 0 Å². The average molecular weight is 424 g/mol. The maximum absolute atomic E-state index is 13.2. The summed E-state index contributed by atoms with van der Waals surface area (Å²) in [5.41, 5.74) is 2.25. The van der Waals surface area contributed by atoms with Gasteiger partial charge in [0.25, 0.3) is 0 Å². The van der Waals surface area contributed by atoms with Crippen LogP contribution in [0.2, 0.25) is 0 Å². The molecule has 1 N–H and O–H groups in total. The Balaban J connectivity index is 2.03. The standard InChI is InChI=1S/C19H27BrFN5/c1-22-19(26(5)13-17-10-15(20)12-25(17)4)23-11-18(24(2)3)14-6-8-16(21)9-7-14/h6-10,12,18H,11,13H2,1-5H3,(H,22,23). The molecule has 0 bridgehead atoms. The molecule has 0 saturated heterocycles. The lowest BCUT2D eigenvalue weighted by molar-refractivity contribution is 0.295. The van der Waals surface area contributed by atoms with Crippen LogP contribution in [0.4, 0.5) is 4.39 Å². The van der Waals surface area contributed by atoms with Gasteiger partial charge >= 0.3 is 0 Å². The third-order valence-electron chi connectivity index (χ3n) is 4.38. The molecule has 0 amide bonds. The van der Waals surface area contributed by atoms with Gasteiger partial charge in [0.1, 0.15) is 5.82 Å². The SMILES string of the molecule is CN=C(NCC(c1ccc(F)cc1)N(C)C)N(C)Cc1cc(Br)cn1C. The summed E-state index contributed by atoms with van der Waals surface area (Å²) in [5, 5.41) is 3.43. The number of aromatic nitrogens is 1. The Labute approximate surface area is 163 Å². The van der Waals surface area contributed by atoms with Crippen LogP contribution in [0.1, 0.15) is 17.3 Å². The maximum Gasteiger partial charge on any atom is 0.193 e. The van der Waals surface area contributed by atoms with Crippen molar-refractivity contribution in [2.75, 3.05) is 34.7 Å². The number of halogens is 2. The van der Waals surface area contributed by atoms with Gasteiger partial charge in [0, 0.05) is 44.1 Å². The van der Waals surface area contributed by atoms with Gasteiger partial charge < -0.3 is 19.7 Å². The van der Waals surface area contributed by atoms with E-state index in [4.69, 9.17) is 0 Å². The molecule has 1 heterocycles. The van der Waals surface area contributed by atoms with Gasteiger partial charge in [-0.05, 0) is 53.8 Å². The molecule has 5 nitrogen and oxygen atoms in total. The zero-order chi connectivity index (χ0) is 19.3. The number of likely N-dealkylation sites (N-methyl/N-ethyl adjacent to an activating group) is 1. The molecule has 1 aromatic carbocycles. The Bertz CT molecular complexity index is 739. The first kappa shape index (κ1) is 20.5. The average Bonchev–Trinajstić information content (AvgIpc) is 2.89. The van der Waals surface area contributed by atoms with E-state index < -0.39 is 0 Å². The monoisotopic (exact) mass is 423 g/mol. The molecule has 1 aromatic heterocycles. The predicted octanol–water partition coefficient (Wildman–Crippen LogP) is 3.24. The smallest absolute Gasteiger partial charge is 0.193 e. The number of aliphatic imine (C=N–C) groups is 1. The van der Waals surface area contributed by atoms with Crippen molar-refractivity contribution in [2.24, 2.45) is 12.0 Å². The summed E-state index contributed by atoms with van der Waals surface area (Å²) in [4.78, 5) is 8.59. The molecule has 2 rings (SSSR count). The van der Waals surface area contributed by atoms with Crippen LogP contribution in [0.5, 0.6) is 0 Å². The highest BCUT2D eigenvalue weighted by Crippen LogP contribution is 2.18. The van der Waals surface area contributed by atoms with Crippen LogP contribution in [0.3, 0.4) is 0 Å². The van der Waals surface area contributed by atoms with Gasteiger partial charge in [0.2, 0.25) is 0 Å². The number of aryl methyl sites for hydroxylation is 1. The third-order valence-corrected chi connectivity index (χ3v) is 4.81. The van der Waals surface area contributed by atoms with Crippen molar-refractivity contribution in [1.82, 2.24) is 19.7 Å². The molecule has 0 fully saturated rings. The number of benzene rings is 1. The molecule has 26 heavy (non-hydrogen) atoms. The van der Waals surface area contributed by atoms with E-state index in [-0.39, 0.29) is 11.9 Å². The highest BCUT2D eigenvalue weighted by molar-refractivity contribution is 9.10. The van der Waals surface area contributed by atoms with Crippen LogP contribution in [-0.4, -0.2) is 55.1 Å². The van der Waals surface area contributed by atoms with E-state index in [1.165, 1.54) is 17.8 Å². The maximum atomic E-state index is 13.2. The summed E-state index contributed by atoms with van der Waals surface area (Å²) in [5.74, 6) is 0.597. The zero-order valence-corrected chi connectivity index (χ0v) is 17.6. The number of hydrogen-bond acceptors (Lipinski definition) is 2. The summed E-state index contributed by atoms with van der Waals surface area (Å²) >= 11 is 3.51. The molecule has 0 saturated carbocycles. The van der Waals surface area contributed by atoms with Crippen molar-refractivity contribution in [3.05, 3.63) is 58.1 Å². The first-order valence-corrected chi connectivity index (χ1v) is 9.25. The van der Waals surface area contributed by atoms with Crippen LogP contribution in [0.15, 0.2) is 46.0 Å². The van der Waals surface area contributed by atoms with E-state index >= 15 is 0 Å². The van der Waals surface area contributed by atoms with E-state index in [1.54, 1.807) is 7.05 Å². The molecule has 142 valence electrons. The summed E-state index contributed by atoms with van der Waals surface area (Å²) in [6.07, 6.45) is 2.04. The van der Waals surface area contributed by atoms with E-state index in [0.717, 1.165) is 22.5 Å². The van der Waals surface area contributed by atoms with Crippen molar-refractivity contribution >= 4 is 21.9 Å². The number of nitrogens with one attached hydrogen (secondary N) is 1. The Morgan fingerprint density at radius 2 is 1.92 bits per heavy atom. The molecule has 1 unspecified atom stereocenters. The minimum atomic E-state index is -0.219. The van der Waals surface area contributed by atoms with Crippen molar-refractivity contribution in [2.45, 2.75) is 12.6 Å². The summed E-state index contributed by atoms with van der Waals surface area (Å²) in [7, 11) is 9.86. The van der Waals surface area contributed by atoms with Crippen LogP contribution < -0.4 is 5.32 Å². The number of guanidine groups is 1. The van der Waals surface area contributed by atoms with Crippen molar-refractivity contribution in [3.8, 4) is 0 Å². The van der Waals surface area contributed by atoms with Gasteiger partial charge in [-0.25, -0.2) is 4.39 Å². The molecule has 1 atom stereocenters. The van der Waals surface area contributed by atoms with E-state index in [2.05, 4.69) is 46.7 Å². The summed E-state index contributed by atoms with van der Waals surface area (Å²) in [6.45, 7) is 1.41. The van der Waals surface area contributed by atoms with Crippen molar-refractivity contribution < 1.29 is 4.39 Å². The molecule has 2 aromatic rings. The second kappa shape index (κ2) is 9.19. The molecular weight excluding hydrogens is 397 g/mol. The van der Waals surface area contributed by atoms with Gasteiger partial charge in [-0.2, -0.15) is 0 Å². The van der Waals surface area contributed by atoms with Gasteiger partial charge in [-0.3, -0.25) is 4.99 Å². The van der Waals surface area contributed by atoms with Crippen LogP contribution in [0, 0.1) is 5.82 Å². The number of rotatable bonds is 6. The second-order valence-corrected chi connectivity index (χ2v) is 7.49. The molecule has 7 heteroatoms. The fourth-order valence-corrected chi connectivity index (χ4v) is 3.47. The van der Waals surface area contributed by atoms with Gasteiger partial charge in [-0.1, -0.05) is 12.1 Å². The minimum absolute atomic E-state index is 0.116. The predicted molar refractivity (Wildman–Crippen MR) is 109 cm³/mol. The quantitative estimate of drug-likeness (QED) is 0.572. The topological polar surface area (TPSA) is 35.8 Å². The van der Waals surface area contributed by atoms with Gasteiger partial charge in [-0.15, -0.1) is 0 Å². The Kier molecular flexibility index (Phi) is 7.23. The Morgan fingerprint density at radius 3 is 2.42 bits per heavy atom. The third kappa shape index (κ3) is 5.32. The molecular formula is C19H27BrFN5. The molecule has 0 spiro atoms. The Morgan fingerprint density at radius 1 is 1.27 bits per heavy atom. The first-order valence-electron chi connectivity index (χ1n) is 8.46. The molecule has 0 aliphatic carbocycles. The van der Waals surface area contributed by atoms with Crippen molar-refractivity contribution in [1.29, 1.82) is 0 Å². The van der Waals surface area contributed by atoms with Crippen molar-refractivity contribution in [3.63, 3.8) is 0 Å². The largest absolute Gasteiger partial charge is 0.354 e.